The molecule has 1 saturated carbocycles. The molecule has 1 fully saturated rings. The Morgan fingerprint density at radius 1 is 1.24 bits per heavy atom. The van der Waals surface area contributed by atoms with E-state index < -0.39 is 0 Å². The summed E-state index contributed by atoms with van der Waals surface area (Å²) in [5, 5.41) is 0. The summed E-state index contributed by atoms with van der Waals surface area (Å²) in [6.45, 7) is 2.94. The fourth-order valence-corrected chi connectivity index (χ4v) is 2.91. The Hall–Kier alpha value is -1.32. The maximum atomic E-state index is 11.1. The zero-order valence-corrected chi connectivity index (χ0v) is 10.2. The molecule has 0 aliphatic heterocycles. The minimum absolute atomic E-state index is 0.177. The quantitative estimate of drug-likeness (QED) is 0.552. The van der Waals surface area contributed by atoms with Gasteiger partial charge in [0.1, 0.15) is 12.7 Å². The van der Waals surface area contributed by atoms with Gasteiger partial charge in [0.2, 0.25) is 0 Å². The lowest BCUT2D eigenvalue weighted by Crippen LogP contribution is -2.33. The highest BCUT2D eigenvalue weighted by Gasteiger charge is 2.41. The highest BCUT2D eigenvalue weighted by Crippen LogP contribution is 2.45. The molecule has 0 aromatic carbocycles. The largest absolute Gasteiger partial charge is 0.462 e. The zero-order chi connectivity index (χ0) is 12.4. The SMILES string of the molecule is CC(=O)OCC(OC(C)=O)C1CC2C=CC1C2. The van der Waals surface area contributed by atoms with E-state index in [1.807, 2.05) is 0 Å². The second kappa shape index (κ2) is 4.90. The van der Waals surface area contributed by atoms with Crippen molar-refractivity contribution in [2.45, 2.75) is 32.8 Å². The van der Waals surface area contributed by atoms with Crippen molar-refractivity contribution in [1.82, 2.24) is 0 Å². The molecule has 2 aliphatic rings. The van der Waals surface area contributed by atoms with Gasteiger partial charge in [-0.05, 0) is 24.7 Å². The first kappa shape index (κ1) is 12.1. The zero-order valence-electron chi connectivity index (χ0n) is 10.2. The summed E-state index contributed by atoms with van der Waals surface area (Å²) in [5.41, 5.74) is 0. The molecule has 94 valence electrons. The van der Waals surface area contributed by atoms with E-state index in [1.54, 1.807) is 0 Å². The first-order chi connectivity index (χ1) is 8.06. The first-order valence-electron chi connectivity index (χ1n) is 6.05. The molecule has 4 nitrogen and oxygen atoms in total. The maximum absolute atomic E-state index is 11.1. The van der Waals surface area contributed by atoms with Crippen molar-refractivity contribution in [3.63, 3.8) is 0 Å². The van der Waals surface area contributed by atoms with Gasteiger partial charge in [0.05, 0.1) is 0 Å². The van der Waals surface area contributed by atoms with Gasteiger partial charge in [-0.1, -0.05) is 12.2 Å². The summed E-state index contributed by atoms with van der Waals surface area (Å²) < 4.78 is 10.3. The molecule has 0 saturated heterocycles. The number of allylic oxidation sites excluding steroid dienone is 2. The summed E-state index contributed by atoms with van der Waals surface area (Å²) in [6, 6.07) is 0. The minimum Gasteiger partial charge on any atom is -0.462 e. The molecule has 4 unspecified atom stereocenters. The smallest absolute Gasteiger partial charge is 0.303 e. The second-order valence-corrected chi connectivity index (χ2v) is 4.89. The Morgan fingerprint density at radius 3 is 2.47 bits per heavy atom. The predicted molar refractivity (Wildman–Crippen MR) is 61.0 cm³/mol. The van der Waals surface area contributed by atoms with Gasteiger partial charge in [0.25, 0.3) is 0 Å². The first-order valence-corrected chi connectivity index (χ1v) is 6.05. The Balaban J connectivity index is 1.97. The highest BCUT2D eigenvalue weighted by atomic mass is 16.6. The van der Waals surface area contributed by atoms with Crippen molar-refractivity contribution in [2.24, 2.45) is 17.8 Å². The van der Waals surface area contributed by atoms with Crippen LogP contribution in [-0.4, -0.2) is 24.6 Å². The average molecular weight is 238 g/mol. The number of esters is 2. The summed E-state index contributed by atoms with van der Waals surface area (Å²) in [7, 11) is 0. The molecule has 0 aromatic rings. The molecule has 0 amide bonds. The van der Waals surface area contributed by atoms with E-state index in [0.717, 1.165) is 12.8 Å². The Labute approximate surface area is 101 Å². The van der Waals surface area contributed by atoms with Crippen molar-refractivity contribution in [3.8, 4) is 0 Å². The highest BCUT2D eigenvalue weighted by molar-refractivity contribution is 5.67. The number of ether oxygens (including phenoxy) is 2. The Bertz CT molecular complexity index is 347. The molecule has 0 radical (unpaired) electrons. The van der Waals surface area contributed by atoms with E-state index in [1.165, 1.54) is 13.8 Å². The lowest BCUT2D eigenvalue weighted by Gasteiger charge is -2.27. The van der Waals surface area contributed by atoms with Crippen molar-refractivity contribution >= 4 is 11.9 Å². The van der Waals surface area contributed by atoms with Gasteiger partial charge in [-0.25, -0.2) is 0 Å². The summed E-state index contributed by atoms with van der Waals surface area (Å²) in [6.07, 6.45) is 6.31. The van der Waals surface area contributed by atoms with Crippen molar-refractivity contribution < 1.29 is 19.1 Å². The molecule has 0 heterocycles. The van der Waals surface area contributed by atoms with Crippen LogP contribution in [0.2, 0.25) is 0 Å². The molecule has 0 N–H and O–H groups in total. The summed E-state index contributed by atoms with van der Waals surface area (Å²) in [5.74, 6) is 0.739. The fraction of sp³-hybridized carbons (Fsp3) is 0.692. The predicted octanol–water partition coefficient (Wildman–Crippen LogP) is 1.69. The van der Waals surface area contributed by atoms with Crippen LogP contribution in [-0.2, 0) is 19.1 Å². The maximum Gasteiger partial charge on any atom is 0.303 e. The molecule has 4 heteroatoms. The van der Waals surface area contributed by atoms with Crippen LogP contribution in [0.3, 0.4) is 0 Å². The van der Waals surface area contributed by atoms with Gasteiger partial charge < -0.3 is 9.47 Å². The van der Waals surface area contributed by atoms with Crippen LogP contribution in [0.25, 0.3) is 0 Å². The molecule has 17 heavy (non-hydrogen) atoms. The summed E-state index contributed by atoms with van der Waals surface area (Å²) >= 11 is 0. The van der Waals surface area contributed by atoms with Crippen LogP contribution in [0.15, 0.2) is 12.2 Å². The number of rotatable bonds is 4. The van der Waals surface area contributed by atoms with E-state index in [2.05, 4.69) is 12.2 Å². The van der Waals surface area contributed by atoms with Crippen molar-refractivity contribution in [3.05, 3.63) is 12.2 Å². The summed E-state index contributed by atoms with van der Waals surface area (Å²) in [4.78, 5) is 21.9. The minimum atomic E-state index is -0.333. The van der Waals surface area contributed by atoms with Gasteiger partial charge in [-0.2, -0.15) is 0 Å². The van der Waals surface area contributed by atoms with Crippen LogP contribution in [0.5, 0.6) is 0 Å². The van der Waals surface area contributed by atoms with Gasteiger partial charge in [0.15, 0.2) is 0 Å². The lowest BCUT2D eigenvalue weighted by atomic mass is 9.88. The molecule has 2 bridgehead atoms. The average Bonchev–Trinajstić information content (AvgIpc) is 2.84. The number of carbonyl (C=O) groups is 2. The standard InChI is InChI=1S/C13H18O4/c1-8(14)16-7-13(17-9(2)15)12-6-10-3-4-11(12)5-10/h3-4,10-13H,5-7H2,1-2H3. The van der Waals surface area contributed by atoms with Crippen LogP contribution in [0.1, 0.15) is 26.7 Å². The van der Waals surface area contributed by atoms with Crippen molar-refractivity contribution in [2.75, 3.05) is 6.61 Å². The van der Waals surface area contributed by atoms with E-state index >= 15 is 0 Å². The monoisotopic (exact) mass is 238 g/mol. The third-order valence-electron chi connectivity index (χ3n) is 3.58. The van der Waals surface area contributed by atoms with Crippen LogP contribution >= 0.6 is 0 Å². The van der Waals surface area contributed by atoms with Crippen molar-refractivity contribution in [1.29, 1.82) is 0 Å². The van der Waals surface area contributed by atoms with E-state index in [-0.39, 0.29) is 24.6 Å². The molecule has 2 rings (SSSR count). The van der Waals surface area contributed by atoms with Crippen LogP contribution in [0.4, 0.5) is 0 Å². The molecule has 0 aromatic heterocycles. The third-order valence-corrected chi connectivity index (χ3v) is 3.58. The van der Waals surface area contributed by atoms with Crippen LogP contribution in [0, 0.1) is 17.8 Å². The van der Waals surface area contributed by atoms with Crippen LogP contribution < -0.4 is 0 Å². The number of hydrogen-bond donors (Lipinski definition) is 0. The van der Waals surface area contributed by atoms with Gasteiger partial charge in [0, 0.05) is 19.8 Å². The molecule has 2 aliphatic carbocycles. The lowest BCUT2D eigenvalue weighted by molar-refractivity contribution is -0.160. The second-order valence-electron chi connectivity index (χ2n) is 4.89. The third kappa shape index (κ3) is 2.87. The number of carbonyl (C=O) groups excluding carboxylic acids is 2. The van der Waals surface area contributed by atoms with Gasteiger partial charge >= 0.3 is 11.9 Å². The van der Waals surface area contributed by atoms with E-state index in [4.69, 9.17) is 9.47 Å². The normalized spacial score (nSPS) is 31.3. The molecule has 0 spiro atoms. The topological polar surface area (TPSA) is 52.6 Å². The number of fused-ring (bicyclic) bond motifs is 2. The fourth-order valence-electron chi connectivity index (χ4n) is 2.91. The molecule has 4 atom stereocenters. The number of hydrogen-bond acceptors (Lipinski definition) is 4. The Kier molecular flexibility index (Phi) is 3.50. The van der Waals surface area contributed by atoms with E-state index in [0.29, 0.717) is 17.8 Å². The molecular weight excluding hydrogens is 220 g/mol. The molecular formula is C13H18O4. The van der Waals surface area contributed by atoms with Gasteiger partial charge in [-0.15, -0.1) is 0 Å². The van der Waals surface area contributed by atoms with E-state index in [9.17, 15) is 9.59 Å². The Morgan fingerprint density at radius 2 is 2.00 bits per heavy atom. The van der Waals surface area contributed by atoms with Gasteiger partial charge in [-0.3, -0.25) is 9.59 Å².